The van der Waals surface area contributed by atoms with Crippen LogP contribution in [0.3, 0.4) is 0 Å². The lowest BCUT2D eigenvalue weighted by molar-refractivity contribution is -0.141. The van der Waals surface area contributed by atoms with Crippen molar-refractivity contribution in [2.24, 2.45) is 5.92 Å². The van der Waals surface area contributed by atoms with Crippen LogP contribution in [0, 0.1) is 5.92 Å². The van der Waals surface area contributed by atoms with Crippen molar-refractivity contribution in [2.75, 3.05) is 13.2 Å². The third-order valence-electron chi connectivity index (χ3n) is 1.70. The lowest BCUT2D eigenvalue weighted by atomic mass is 10.1. The van der Waals surface area contributed by atoms with Gasteiger partial charge in [0.05, 0.1) is 12.5 Å². The molecule has 0 aliphatic carbocycles. The van der Waals surface area contributed by atoms with Crippen LogP contribution in [-0.2, 0) is 4.79 Å². The fourth-order valence-electron chi connectivity index (χ4n) is 0.573. The molecule has 0 saturated carbocycles. The monoisotopic (exact) mass is 175 g/mol. The highest BCUT2D eigenvalue weighted by atomic mass is 16.4. The predicted octanol–water partition coefficient (Wildman–Crippen LogP) is 0.0676. The molecule has 0 spiro atoms. The molecule has 0 bridgehead atoms. The summed E-state index contributed by atoms with van der Waals surface area (Å²) in [6.45, 7) is 5.65. The van der Waals surface area contributed by atoms with E-state index in [0.717, 1.165) is 0 Å². The van der Waals surface area contributed by atoms with E-state index in [1.165, 1.54) is 0 Å². The number of aliphatic hydroxyl groups is 1. The van der Waals surface area contributed by atoms with E-state index in [4.69, 9.17) is 10.2 Å². The van der Waals surface area contributed by atoms with Crippen LogP contribution in [0.5, 0.6) is 0 Å². The summed E-state index contributed by atoms with van der Waals surface area (Å²) in [6.07, 6.45) is 0. The van der Waals surface area contributed by atoms with Crippen LogP contribution in [0.15, 0.2) is 0 Å². The zero-order valence-corrected chi connectivity index (χ0v) is 7.79. The van der Waals surface area contributed by atoms with Gasteiger partial charge in [0.25, 0.3) is 0 Å². The topological polar surface area (TPSA) is 69.6 Å². The number of aliphatic carboxylic acids is 1. The minimum atomic E-state index is -0.823. The summed E-state index contributed by atoms with van der Waals surface area (Å²) in [5.41, 5.74) is -0.399. The van der Waals surface area contributed by atoms with Crippen molar-refractivity contribution in [1.29, 1.82) is 0 Å². The van der Waals surface area contributed by atoms with Gasteiger partial charge in [0.2, 0.25) is 0 Å². The second kappa shape index (κ2) is 4.42. The smallest absolute Gasteiger partial charge is 0.307 e. The van der Waals surface area contributed by atoms with Gasteiger partial charge in [0.15, 0.2) is 0 Å². The largest absolute Gasteiger partial charge is 0.481 e. The van der Waals surface area contributed by atoms with Crippen LogP contribution < -0.4 is 5.32 Å². The van der Waals surface area contributed by atoms with Crippen molar-refractivity contribution in [2.45, 2.75) is 26.3 Å². The third-order valence-corrected chi connectivity index (χ3v) is 1.70. The summed E-state index contributed by atoms with van der Waals surface area (Å²) in [5.74, 6) is -1.24. The molecule has 3 N–H and O–H groups in total. The van der Waals surface area contributed by atoms with Crippen molar-refractivity contribution in [3.05, 3.63) is 0 Å². The van der Waals surface area contributed by atoms with Crippen LogP contribution in [0.1, 0.15) is 20.8 Å². The van der Waals surface area contributed by atoms with E-state index in [-0.39, 0.29) is 6.61 Å². The first kappa shape index (κ1) is 11.4. The van der Waals surface area contributed by atoms with E-state index in [1.54, 1.807) is 6.92 Å². The van der Waals surface area contributed by atoms with Crippen molar-refractivity contribution < 1.29 is 15.0 Å². The third kappa shape index (κ3) is 4.31. The number of carboxylic acid groups (broad SMARTS) is 1. The molecule has 0 radical (unpaired) electrons. The van der Waals surface area contributed by atoms with Gasteiger partial charge in [-0.05, 0) is 13.8 Å². The molecule has 0 amide bonds. The number of aliphatic hydroxyl groups excluding tert-OH is 1. The van der Waals surface area contributed by atoms with Crippen LogP contribution >= 0.6 is 0 Å². The predicted molar refractivity (Wildman–Crippen MR) is 46.0 cm³/mol. The standard InChI is InChI=1S/C8H17NO3/c1-6(7(11)12)4-9-8(2,3)5-10/h6,9-10H,4-5H2,1-3H3,(H,11,12). The van der Waals surface area contributed by atoms with E-state index in [9.17, 15) is 4.79 Å². The average molecular weight is 175 g/mol. The molecule has 0 aromatic carbocycles. The van der Waals surface area contributed by atoms with E-state index < -0.39 is 17.4 Å². The molecule has 0 aliphatic rings. The Labute approximate surface area is 72.6 Å². The fraction of sp³-hybridized carbons (Fsp3) is 0.875. The van der Waals surface area contributed by atoms with Gasteiger partial charge in [-0.25, -0.2) is 0 Å². The van der Waals surface area contributed by atoms with Gasteiger partial charge in [-0.2, -0.15) is 0 Å². The van der Waals surface area contributed by atoms with Gasteiger partial charge < -0.3 is 15.5 Å². The van der Waals surface area contributed by atoms with Crippen molar-refractivity contribution in [1.82, 2.24) is 5.32 Å². The van der Waals surface area contributed by atoms with Gasteiger partial charge in [-0.1, -0.05) is 6.92 Å². The van der Waals surface area contributed by atoms with Gasteiger partial charge in [-0.3, -0.25) is 4.79 Å². The van der Waals surface area contributed by atoms with Gasteiger partial charge in [0.1, 0.15) is 0 Å². The van der Waals surface area contributed by atoms with Crippen molar-refractivity contribution >= 4 is 5.97 Å². The highest BCUT2D eigenvalue weighted by Crippen LogP contribution is 2.01. The first-order valence-corrected chi connectivity index (χ1v) is 3.98. The molecule has 0 aliphatic heterocycles. The Hall–Kier alpha value is -0.610. The Morgan fingerprint density at radius 2 is 2.08 bits per heavy atom. The molecule has 1 atom stereocenters. The highest BCUT2D eigenvalue weighted by molar-refractivity contribution is 5.69. The molecule has 72 valence electrons. The van der Waals surface area contributed by atoms with E-state index >= 15 is 0 Å². The Kier molecular flexibility index (Phi) is 4.20. The summed E-state index contributed by atoms with van der Waals surface area (Å²) in [7, 11) is 0. The van der Waals surface area contributed by atoms with Crippen molar-refractivity contribution in [3.8, 4) is 0 Å². The number of rotatable bonds is 5. The SMILES string of the molecule is CC(CNC(C)(C)CO)C(=O)O. The Bertz CT molecular complexity index is 156. The molecule has 4 heteroatoms. The summed E-state index contributed by atoms with van der Waals surface area (Å²) in [5, 5.41) is 20.3. The highest BCUT2D eigenvalue weighted by Gasteiger charge is 2.18. The molecule has 0 rings (SSSR count). The minimum Gasteiger partial charge on any atom is -0.481 e. The minimum absolute atomic E-state index is 0.000656. The Morgan fingerprint density at radius 1 is 1.58 bits per heavy atom. The molecule has 4 nitrogen and oxygen atoms in total. The van der Waals surface area contributed by atoms with E-state index in [2.05, 4.69) is 5.32 Å². The Morgan fingerprint density at radius 3 is 2.42 bits per heavy atom. The van der Waals surface area contributed by atoms with Crippen LogP contribution in [0.4, 0.5) is 0 Å². The number of nitrogens with one attached hydrogen (secondary N) is 1. The van der Waals surface area contributed by atoms with Gasteiger partial charge in [0, 0.05) is 12.1 Å². The molecular formula is C8H17NO3. The summed E-state index contributed by atoms with van der Waals surface area (Å²) in [4.78, 5) is 10.4. The maximum absolute atomic E-state index is 10.4. The fourth-order valence-corrected chi connectivity index (χ4v) is 0.573. The number of hydrogen-bond donors (Lipinski definition) is 3. The lowest BCUT2D eigenvalue weighted by Crippen LogP contribution is -2.45. The molecule has 0 heterocycles. The molecule has 1 unspecified atom stereocenters. The summed E-state index contributed by atoms with van der Waals surface area (Å²) in [6, 6.07) is 0. The lowest BCUT2D eigenvalue weighted by Gasteiger charge is -2.24. The second-order valence-corrected chi connectivity index (χ2v) is 3.66. The number of carboxylic acids is 1. The van der Waals surface area contributed by atoms with E-state index in [0.29, 0.717) is 6.54 Å². The second-order valence-electron chi connectivity index (χ2n) is 3.66. The van der Waals surface area contributed by atoms with Crippen molar-refractivity contribution in [3.63, 3.8) is 0 Å². The quantitative estimate of drug-likeness (QED) is 0.553. The van der Waals surface area contributed by atoms with Crippen LogP contribution in [0.25, 0.3) is 0 Å². The summed E-state index contributed by atoms with van der Waals surface area (Å²) >= 11 is 0. The number of carbonyl (C=O) groups is 1. The average Bonchev–Trinajstić information content (AvgIpc) is 2.00. The van der Waals surface area contributed by atoms with Gasteiger partial charge >= 0.3 is 5.97 Å². The summed E-state index contributed by atoms with van der Waals surface area (Å²) < 4.78 is 0. The first-order valence-electron chi connectivity index (χ1n) is 3.98. The first-order chi connectivity index (χ1) is 5.39. The van der Waals surface area contributed by atoms with E-state index in [1.807, 2.05) is 13.8 Å². The molecule has 0 aromatic rings. The number of hydrogen-bond acceptors (Lipinski definition) is 3. The molecular weight excluding hydrogens is 158 g/mol. The molecule has 12 heavy (non-hydrogen) atoms. The maximum Gasteiger partial charge on any atom is 0.307 e. The zero-order valence-electron chi connectivity index (χ0n) is 7.79. The molecule has 0 saturated heterocycles. The molecule has 0 fully saturated rings. The normalized spacial score (nSPS) is 14.3. The molecule has 0 aromatic heterocycles. The van der Waals surface area contributed by atoms with Crippen LogP contribution in [0.2, 0.25) is 0 Å². The van der Waals surface area contributed by atoms with Gasteiger partial charge in [-0.15, -0.1) is 0 Å². The van der Waals surface area contributed by atoms with Crippen LogP contribution in [-0.4, -0.2) is 34.9 Å². The Balaban J connectivity index is 3.75. The maximum atomic E-state index is 10.4. The zero-order chi connectivity index (χ0) is 9.78.